The molecule has 4 aromatic heterocycles. The molecule has 0 unspecified atom stereocenters. The van der Waals surface area contributed by atoms with Crippen LogP contribution in [0.5, 0.6) is 0 Å². The molecule has 0 atom stereocenters. The van der Waals surface area contributed by atoms with Gasteiger partial charge in [-0.2, -0.15) is 0 Å². The van der Waals surface area contributed by atoms with E-state index in [2.05, 4.69) is 203 Å². The van der Waals surface area contributed by atoms with Crippen molar-refractivity contribution in [2.24, 2.45) is 0 Å². The van der Waals surface area contributed by atoms with E-state index in [1.165, 1.54) is 142 Å². The lowest BCUT2D eigenvalue weighted by atomic mass is 9.84. The van der Waals surface area contributed by atoms with Crippen LogP contribution in [0.1, 0.15) is 17.7 Å². The van der Waals surface area contributed by atoms with Crippen molar-refractivity contribution in [1.82, 2.24) is 8.80 Å². The fraction of sp³-hybridized carbons (Fsp3) is 0.0333. The quantitative estimate of drug-likeness (QED) is 0.158. The standard InChI is InChI=1S/C60H36N2/c1-2-16-36-35(14-1)15-11-23-41(36)56-42-24-12-21-37(44-30-32-46-39-17-3-7-26-52(39)61-54-28-9-5-19-48(54)57(44)59(46)61)50(42)34-51-38(22-13-25-43(51)56)45-31-33-47-40-18-4-8-27-53(40)62-55-29-10-6-20-49(55)58(45)60(47)62/h1-7,9-26,28-34H,8,27H2. The maximum atomic E-state index is 2.58. The zero-order valence-corrected chi connectivity index (χ0v) is 33.8. The fourth-order valence-electron chi connectivity index (χ4n) is 12.0. The summed E-state index contributed by atoms with van der Waals surface area (Å²) in [5.74, 6) is 0. The Kier molecular flexibility index (Phi) is 6.29. The summed E-state index contributed by atoms with van der Waals surface area (Å²) < 4.78 is 5.08. The van der Waals surface area contributed by atoms with Gasteiger partial charge in [0, 0.05) is 49.0 Å². The zero-order chi connectivity index (χ0) is 40.2. The Balaban J connectivity index is 1.11. The van der Waals surface area contributed by atoms with Crippen LogP contribution in [0.25, 0.3) is 137 Å². The Bertz CT molecular complexity index is 4260. The maximum absolute atomic E-state index is 2.58. The van der Waals surface area contributed by atoms with Gasteiger partial charge in [0.05, 0.1) is 27.6 Å². The summed E-state index contributed by atoms with van der Waals surface area (Å²) in [4.78, 5) is 0. The van der Waals surface area contributed by atoms with E-state index in [1.807, 2.05) is 0 Å². The molecule has 10 aromatic carbocycles. The molecule has 0 N–H and O–H groups in total. The first kappa shape index (κ1) is 32.9. The number of rotatable bonds is 3. The molecule has 0 saturated heterocycles. The van der Waals surface area contributed by atoms with Gasteiger partial charge in [-0.1, -0.05) is 170 Å². The molecule has 1 aliphatic rings. The van der Waals surface area contributed by atoms with Crippen LogP contribution in [0, 0.1) is 0 Å². The van der Waals surface area contributed by atoms with Crippen molar-refractivity contribution < 1.29 is 0 Å². The molecule has 4 heterocycles. The SMILES string of the molecule is C1=Cc2c(n3c4ccccc4c4c(-c5cccc6c(-c7cccc8ccccc78)c7cccc(-c8ccc9c%10ccccc%10n%10c%11ccccc%11c8c9%10)c7cc56)ccc2c43)CC1. The molecule has 14 aromatic rings. The summed E-state index contributed by atoms with van der Waals surface area (Å²) >= 11 is 0. The van der Waals surface area contributed by atoms with Crippen LogP contribution in [0.15, 0.2) is 188 Å². The Morgan fingerprint density at radius 1 is 0.339 bits per heavy atom. The molecule has 62 heavy (non-hydrogen) atoms. The molecule has 286 valence electrons. The monoisotopic (exact) mass is 784 g/mol. The molecule has 0 radical (unpaired) electrons. The average molecular weight is 785 g/mol. The van der Waals surface area contributed by atoms with Gasteiger partial charge in [0.25, 0.3) is 0 Å². The Morgan fingerprint density at radius 2 is 0.855 bits per heavy atom. The predicted octanol–water partition coefficient (Wildman–Crippen LogP) is 16.3. The highest BCUT2D eigenvalue weighted by atomic mass is 14.9. The van der Waals surface area contributed by atoms with Gasteiger partial charge in [0.15, 0.2) is 0 Å². The first-order valence-corrected chi connectivity index (χ1v) is 21.9. The van der Waals surface area contributed by atoms with Crippen molar-refractivity contribution >= 4 is 104 Å². The molecule has 1 aliphatic carbocycles. The number of fused-ring (bicyclic) bond motifs is 15. The van der Waals surface area contributed by atoms with Crippen LogP contribution in [0.2, 0.25) is 0 Å². The highest BCUT2D eigenvalue weighted by Crippen LogP contribution is 2.50. The smallest absolute Gasteiger partial charge is 0.0626 e. The van der Waals surface area contributed by atoms with Gasteiger partial charge in [-0.25, -0.2) is 0 Å². The molecule has 0 fully saturated rings. The Hall–Kier alpha value is -7.94. The van der Waals surface area contributed by atoms with E-state index in [0.717, 1.165) is 12.8 Å². The van der Waals surface area contributed by atoms with Crippen LogP contribution < -0.4 is 0 Å². The van der Waals surface area contributed by atoms with Gasteiger partial charge in [-0.3, -0.25) is 0 Å². The van der Waals surface area contributed by atoms with Crippen LogP contribution in [-0.4, -0.2) is 8.80 Å². The number of hydrogen-bond donors (Lipinski definition) is 0. The summed E-state index contributed by atoms with van der Waals surface area (Å²) in [6.45, 7) is 0. The molecule has 2 nitrogen and oxygen atoms in total. The number of hydrogen-bond acceptors (Lipinski definition) is 0. The third kappa shape index (κ3) is 4.05. The van der Waals surface area contributed by atoms with Crippen molar-refractivity contribution in [1.29, 1.82) is 0 Å². The molecule has 0 amide bonds. The van der Waals surface area contributed by atoms with E-state index >= 15 is 0 Å². The van der Waals surface area contributed by atoms with Crippen molar-refractivity contribution in [3.05, 3.63) is 199 Å². The molecule has 0 saturated carbocycles. The molecule has 15 rings (SSSR count). The largest absolute Gasteiger partial charge is 0.312 e. The lowest BCUT2D eigenvalue weighted by Gasteiger charge is -2.19. The van der Waals surface area contributed by atoms with E-state index in [9.17, 15) is 0 Å². The number of allylic oxidation sites excluding steroid dienone is 1. The van der Waals surface area contributed by atoms with Gasteiger partial charge in [-0.05, 0) is 103 Å². The second kappa shape index (κ2) is 11.9. The van der Waals surface area contributed by atoms with Gasteiger partial charge in [0.2, 0.25) is 0 Å². The number of para-hydroxylation sites is 3. The second-order valence-corrected chi connectivity index (χ2v) is 17.4. The summed E-state index contributed by atoms with van der Waals surface area (Å²) in [7, 11) is 0. The molecule has 0 bridgehead atoms. The van der Waals surface area contributed by atoms with Crippen LogP contribution >= 0.6 is 0 Å². The Labute approximate surface area is 356 Å². The predicted molar refractivity (Wildman–Crippen MR) is 264 cm³/mol. The minimum Gasteiger partial charge on any atom is -0.312 e. The fourth-order valence-corrected chi connectivity index (χ4v) is 12.0. The van der Waals surface area contributed by atoms with E-state index in [4.69, 9.17) is 0 Å². The first-order valence-electron chi connectivity index (χ1n) is 21.9. The summed E-state index contributed by atoms with van der Waals surface area (Å²) in [6.07, 6.45) is 6.83. The van der Waals surface area contributed by atoms with Crippen LogP contribution in [0.4, 0.5) is 0 Å². The molecule has 0 spiro atoms. The van der Waals surface area contributed by atoms with Crippen molar-refractivity contribution in [3.63, 3.8) is 0 Å². The minimum absolute atomic E-state index is 1.06. The van der Waals surface area contributed by atoms with E-state index < -0.39 is 0 Å². The van der Waals surface area contributed by atoms with Gasteiger partial charge in [-0.15, -0.1) is 0 Å². The van der Waals surface area contributed by atoms with Crippen molar-refractivity contribution in [2.45, 2.75) is 12.8 Å². The summed E-state index contributed by atoms with van der Waals surface area (Å²) in [5.41, 5.74) is 16.9. The van der Waals surface area contributed by atoms with E-state index in [1.54, 1.807) is 0 Å². The number of aryl methyl sites for hydroxylation is 1. The maximum Gasteiger partial charge on any atom is 0.0626 e. The van der Waals surface area contributed by atoms with Crippen molar-refractivity contribution in [2.75, 3.05) is 0 Å². The first-order chi connectivity index (χ1) is 30.8. The highest BCUT2D eigenvalue weighted by Gasteiger charge is 2.26. The molecule has 0 aliphatic heterocycles. The van der Waals surface area contributed by atoms with E-state index in [-0.39, 0.29) is 0 Å². The lowest BCUT2D eigenvalue weighted by molar-refractivity contribution is 0.926. The average Bonchev–Trinajstić information content (AvgIpc) is 4.07. The van der Waals surface area contributed by atoms with Gasteiger partial charge >= 0.3 is 0 Å². The Morgan fingerprint density at radius 3 is 1.56 bits per heavy atom. The summed E-state index contributed by atoms with van der Waals surface area (Å²) in [6, 6.07) is 68.7. The van der Waals surface area contributed by atoms with E-state index in [0.29, 0.717) is 0 Å². The van der Waals surface area contributed by atoms with Crippen LogP contribution in [-0.2, 0) is 6.42 Å². The minimum atomic E-state index is 1.06. The second-order valence-electron chi connectivity index (χ2n) is 17.4. The van der Waals surface area contributed by atoms with Gasteiger partial charge in [0.1, 0.15) is 0 Å². The lowest BCUT2D eigenvalue weighted by Crippen LogP contribution is -1.96. The zero-order valence-electron chi connectivity index (χ0n) is 33.8. The number of nitrogens with zero attached hydrogens (tertiary/aromatic N) is 2. The topological polar surface area (TPSA) is 8.82 Å². The third-order valence-electron chi connectivity index (χ3n) is 14.4. The summed E-state index contributed by atoms with van der Waals surface area (Å²) in [5, 5.41) is 16.8. The van der Waals surface area contributed by atoms with Gasteiger partial charge < -0.3 is 8.80 Å². The molecular formula is C60H36N2. The van der Waals surface area contributed by atoms with Crippen LogP contribution in [0.3, 0.4) is 0 Å². The highest BCUT2D eigenvalue weighted by molar-refractivity contribution is 6.30. The van der Waals surface area contributed by atoms with Crippen molar-refractivity contribution in [3.8, 4) is 33.4 Å². The molecule has 2 heteroatoms. The third-order valence-corrected chi connectivity index (χ3v) is 14.4. The normalized spacial score (nSPS) is 13.3. The molecular weight excluding hydrogens is 749 g/mol. The number of aromatic nitrogens is 2. The number of benzene rings is 10.